The number of aryl methyl sites for hydroxylation is 1. The SMILES string of the molecule is CCOC(=O)c1cc2cc(Br)cc(Br)c2nc1C. The van der Waals surface area contributed by atoms with Gasteiger partial charge in [0.1, 0.15) is 0 Å². The monoisotopic (exact) mass is 371 g/mol. The number of benzene rings is 1. The van der Waals surface area contributed by atoms with Gasteiger partial charge in [-0.15, -0.1) is 0 Å². The zero-order valence-electron chi connectivity index (χ0n) is 9.96. The molecule has 0 atom stereocenters. The number of pyridine rings is 1. The Morgan fingerprint density at radius 1 is 1.33 bits per heavy atom. The summed E-state index contributed by atoms with van der Waals surface area (Å²) in [4.78, 5) is 16.2. The molecule has 1 aromatic carbocycles. The molecule has 2 rings (SSSR count). The molecule has 0 radical (unpaired) electrons. The smallest absolute Gasteiger partial charge is 0.339 e. The molecule has 0 aliphatic heterocycles. The Morgan fingerprint density at radius 2 is 2.06 bits per heavy atom. The van der Waals surface area contributed by atoms with Crippen molar-refractivity contribution in [1.29, 1.82) is 0 Å². The Balaban J connectivity index is 2.64. The van der Waals surface area contributed by atoms with E-state index in [4.69, 9.17) is 4.74 Å². The molecule has 0 saturated carbocycles. The minimum absolute atomic E-state index is 0.333. The van der Waals surface area contributed by atoms with Gasteiger partial charge in [-0.25, -0.2) is 4.79 Å². The Labute approximate surface area is 122 Å². The number of nitrogens with zero attached hydrogens (tertiary/aromatic N) is 1. The van der Waals surface area contributed by atoms with Crippen molar-refractivity contribution in [1.82, 2.24) is 4.98 Å². The van der Waals surface area contributed by atoms with Gasteiger partial charge in [0.25, 0.3) is 0 Å². The topological polar surface area (TPSA) is 39.2 Å². The van der Waals surface area contributed by atoms with E-state index in [1.165, 1.54) is 0 Å². The molecule has 1 aromatic heterocycles. The van der Waals surface area contributed by atoms with Crippen LogP contribution in [-0.4, -0.2) is 17.6 Å². The molecule has 0 aliphatic carbocycles. The third-order valence-corrected chi connectivity index (χ3v) is 3.58. The average Bonchev–Trinajstić information content (AvgIpc) is 2.29. The number of hydrogen-bond acceptors (Lipinski definition) is 3. The number of fused-ring (bicyclic) bond motifs is 1. The number of carbonyl (C=O) groups is 1. The van der Waals surface area contributed by atoms with Crippen LogP contribution in [0.3, 0.4) is 0 Å². The minimum atomic E-state index is -0.333. The van der Waals surface area contributed by atoms with Crippen LogP contribution >= 0.6 is 31.9 Å². The molecule has 94 valence electrons. The van der Waals surface area contributed by atoms with Crippen LogP contribution in [0.15, 0.2) is 27.1 Å². The summed E-state index contributed by atoms with van der Waals surface area (Å²) in [6.07, 6.45) is 0. The van der Waals surface area contributed by atoms with Gasteiger partial charge >= 0.3 is 5.97 Å². The third-order valence-electron chi connectivity index (χ3n) is 2.52. The van der Waals surface area contributed by atoms with Gasteiger partial charge in [0.15, 0.2) is 0 Å². The van der Waals surface area contributed by atoms with Gasteiger partial charge in [-0.3, -0.25) is 4.98 Å². The number of carbonyl (C=O) groups excluding carboxylic acids is 1. The molecule has 18 heavy (non-hydrogen) atoms. The molecule has 0 amide bonds. The fraction of sp³-hybridized carbons (Fsp3) is 0.231. The normalized spacial score (nSPS) is 10.7. The van der Waals surface area contributed by atoms with Crippen molar-refractivity contribution < 1.29 is 9.53 Å². The molecule has 0 aliphatic rings. The van der Waals surface area contributed by atoms with Crippen LogP contribution in [0.25, 0.3) is 10.9 Å². The summed E-state index contributed by atoms with van der Waals surface area (Å²) in [6.45, 7) is 3.95. The van der Waals surface area contributed by atoms with Crippen LogP contribution in [0, 0.1) is 6.92 Å². The molecule has 0 spiro atoms. The fourth-order valence-corrected chi connectivity index (χ4v) is 3.06. The van der Waals surface area contributed by atoms with Crippen LogP contribution < -0.4 is 0 Å². The second-order valence-electron chi connectivity index (χ2n) is 3.80. The van der Waals surface area contributed by atoms with Crippen molar-refractivity contribution >= 4 is 48.7 Å². The molecule has 2 aromatic rings. The Kier molecular flexibility index (Phi) is 4.02. The summed E-state index contributed by atoms with van der Waals surface area (Å²) >= 11 is 6.89. The number of esters is 1. The van der Waals surface area contributed by atoms with E-state index in [1.54, 1.807) is 13.8 Å². The predicted octanol–water partition coefficient (Wildman–Crippen LogP) is 4.24. The largest absolute Gasteiger partial charge is 0.462 e. The average molecular weight is 373 g/mol. The maximum atomic E-state index is 11.8. The number of aromatic nitrogens is 1. The number of halogens is 2. The van der Waals surface area contributed by atoms with Gasteiger partial charge in [0, 0.05) is 14.3 Å². The summed E-state index contributed by atoms with van der Waals surface area (Å²) in [5.74, 6) is -0.333. The molecule has 5 heteroatoms. The summed E-state index contributed by atoms with van der Waals surface area (Å²) in [6, 6.07) is 5.67. The first-order valence-corrected chi connectivity index (χ1v) is 7.05. The van der Waals surface area contributed by atoms with Gasteiger partial charge in [-0.2, -0.15) is 0 Å². The van der Waals surface area contributed by atoms with E-state index in [0.29, 0.717) is 17.9 Å². The number of rotatable bonds is 2. The van der Waals surface area contributed by atoms with Crippen LogP contribution in [0.1, 0.15) is 23.0 Å². The van der Waals surface area contributed by atoms with Crippen molar-refractivity contribution in [2.45, 2.75) is 13.8 Å². The van der Waals surface area contributed by atoms with Crippen molar-refractivity contribution in [3.63, 3.8) is 0 Å². The fourth-order valence-electron chi connectivity index (χ4n) is 1.72. The highest BCUT2D eigenvalue weighted by Gasteiger charge is 2.14. The highest BCUT2D eigenvalue weighted by atomic mass is 79.9. The molecule has 0 N–H and O–H groups in total. The molecule has 1 heterocycles. The Morgan fingerprint density at radius 3 is 2.72 bits per heavy atom. The lowest BCUT2D eigenvalue weighted by molar-refractivity contribution is 0.0525. The van der Waals surface area contributed by atoms with E-state index in [9.17, 15) is 4.79 Å². The van der Waals surface area contributed by atoms with E-state index in [-0.39, 0.29) is 5.97 Å². The van der Waals surface area contributed by atoms with Crippen molar-refractivity contribution in [3.05, 3.63) is 38.4 Å². The molecule has 0 saturated heterocycles. The van der Waals surface area contributed by atoms with Crippen molar-refractivity contribution in [2.75, 3.05) is 6.61 Å². The molecule has 0 fully saturated rings. The van der Waals surface area contributed by atoms with E-state index in [0.717, 1.165) is 19.8 Å². The van der Waals surface area contributed by atoms with Gasteiger partial charge < -0.3 is 4.74 Å². The van der Waals surface area contributed by atoms with Gasteiger partial charge in [0.2, 0.25) is 0 Å². The second kappa shape index (κ2) is 5.36. The molecular weight excluding hydrogens is 362 g/mol. The molecule has 0 unspecified atom stereocenters. The van der Waals surface area contributed by atoms with Crippen LogP contribution in [-0.2, 0) is 4.74 Å². The predicted molar refractivity (Wildman–Crippen MR) is 77.8 cm³/mol. The maximum Gasteiger partial charge on any atom is 0.339 e. The zero-order valence-corrected chi connectivity index (χ0v) is 13.1. The lowest BCUT2D eigenvalue weighted by Crippen LogP contribution is -2.08. The zero-order chi connectivity index (χ0) is 13.3. The Hall–Kier alpha value is -0.940. The third kappa shape index (κ3) is 2.57. The second-order valence-corrected chi connectivity index (χ2v) is 5.57. The van der Waals surface area contributed by atoms with E-state index in [2.05, 4.69) is 36.8 Å². The lowest BCUT2D eigenvalue weighted by Gasteiger charge is -2.08. The Bertz CT molecular complexity index is 626. The van der Waals surface area contributed by atoms with E-state index < -0.39 is 0 Å². The lowest BCUT2D eigenvalue weighted by atomic mass is 10.1. The highest BCUT2D eigenvalue weighted by molar-refractivity contribution is 9.11. The van der Waals surface area contributed by atoms with Crippen LogP contribution in [0.2, 0.25) is 0 Å². The van der Waals surface area contributed by atoms with Crippen LogP contribution in [0.4, 0.5) is 0 Å². The van der Waals surface area contributed by atoms with Gasteiger partial charge in [-0.05, 0) is 48.0 Å². The summed E-state index contributed by atoms with van der Waals surface area (Å²) in [7, 11) is 0. The molecular formula is C13H11Br2NO2. The van der Waals surface area contributed by atoms with E-state index in [1.807, 2.05) is 18.2 Å². The summed E-state index contributed by atoms with van der Waals surface area (Å²) in [5.41, 5.74) is 2.02. The quantitative estimate of drug-likeness (QED) is 0.740. The first-order chi connectivity index (χ1) is 8.52. The minimum Gasteiger partial charge on any atom is -0.462 e. The van der Waals surface area contributed by atoms with Crippen molar-refractivity contribution in [2.24, 2.45) is 0 Å². The highest BCUT2D eigenvalue weighted by Crippen LogP contribution is 2.28. The van der Waals surface area contributed by atoms with Gasteiger partial charge in [-0.1, -0.05) is 15.9 Å². The first-order valence-electron chi connectivity index (χ1n) is 5.46. The number of hydrogen-bond donors (Lipinski definition) is 0. The molecule has 3 nitrogen and oxygen atoms in total. The summed E-state index contributed by atoms with van der Waals surface area (Å²) in [5, 5.41) is 0.893. The summed E-state index contributed by atoms with van der Waals surface area (Å²) < 4.78 is 6.84. The molecule has 0 bridgehead atoms. The van der Waals surface area contributed by atoms with E-state index >= 15 is 0 Å². The van der Waals surface area contributed by atoms with Gasteiger partial charge in [0.05, 0.1) is 23.4 Å². The first kappa shape index (κ1) is 13.5. The number of ether oxygens (including phenoxy) is 1. The maximum absolute atomic E-state index is 11.8. The van der Waals surface area contributed by atoms with Crippen LogP contribution in [0.5, 0.6) is 0 Å². The van der Waals surface area contributed by atoms with Crippen molar-refractivity contribution in [3.8, 4) is 0 Å². The standard InChI is InChI=1S/C13H11Br2NO2/c1-3-18-13(17)10-5-8-4-9(14)6-11(15)12(8)16-7(10)2/h4-6H,3H2,1-2H3.